The molecule has 0 aliphatic rings. The quantitative estimate of drug-likeness (QED) is 0.673. The first-order valence-electron chi connectivity index (χ1n) is 2.95. The monoisotopic (exact) mass is 200 g/mol. The molecule has 1 N–H and O–H groups in total. The molecule has 0 spiro atoms. The SMILES string of the molecule is CC(C)(CC(=O)[O][Mn])C(=O)O. The first-order chi connectivity index (χ1) is 4.90. The van der Waals surface area contributed by atoms with Gasteiger partial charge in [-0.1, -0.05) is 0 Å². The van der Waals surface area contributed by atoms with Crippen LogP contribution in [0, 0.1) is 5.41 Å². The van der Waals surface area contributed by atoms with Crippen molar-refractivity contribution in [3.05, 3.63) is 0 Å². The van der Waals surface area contributed by atoms with Gasteiger partial charge in [-0.2, -0.15) is 0 Å². The molecule has 5 heteroatoms. The summed E-state index contributed by atoms with van der Waals surface area (Å²) >= 11 is 2.47. The number of aliphatic carboxylic acids is 1. The van der Waals surface area contributed by atoms with Crippen molar-refractivity contribution < 1.29 is 34.9 Å². The van der Waals surface area contributed by atoms with Crippen molar-refractivity contribution in [1.29, 1.82) is 0 Å². The van der Waals surface area contributed by atoms with Gasteiger partial charge in [-0.05, 0) is 0 Å². The molecule has 0 aromatic rings. The zero-order valence-corrected chi connectivity index (χ0v) is 7.44. The van der Waals surface area contributed by atoms with Gasteiger partial charge in [0.2, 0.25) is 0 Å². The molecule has 0 amide bonds. The Morgan fingerprint density at radius 1 is 1.55 bits per heavy atom. The molecular formula is C6H9MnO4. The molecule has 0 saturated heterocycles. The summed E-state index contributed by atoms with van der Waals surface area (Å²) in [4.78, 5) is 21.0. The van der Waals surface area contributed by atoms with E-state index in [1.54, 1.807) is 0 Å². The summed E-state index contributed by atoms with van der Waals surface area (Å²) in [6, 6.07) is 0. The first kappa shape index (κ1) is 10.5. The van der Waals surface area contributed by atoms with Gasteiger partial charge in [0.25, 0.3) is 0 Å². The number of rotatable bonds is 3. The maximum atomic E-state index is 10.6. The molecular weight excluding hydrogens is 191 g/mol. The van der Waals surface area contributed by atoms with Crippen LogP contribution in [0.25, 0.3) is 0 Å². The van der Waals surface area contributed by atoms with Gasteiger partial charge < -0.3 is 0 Å². The van der Waals surface area contributed by atoms with Crippen LogP contribution in [0.2, 0.25) is 0 Å². The van der Waals surface area contributed by atoms with Crippen LogP contribution in [0.1, 0.15) is 20.3 Å². The second kappa shape index (κ2) is 3.74. The van der Waals surface area contributed by atoms with E-state index in [2.05, 4.69) is 20.2 Å². The fraction of sp³-hybridized carbons (Fsp3) is 0.667. The van der Waals surface area contributed by atoms with Crippen molar-refractivity contribution in [1.82, 2.24) is 0 Å². The van der Waals surface area contributed by atoms with Gasteiger partial charge in [0.1, 0.15) is 0 Å². The van der Waals surface area contributed by atoms with E-state index in [0.29, 0.717) is 0 Å². The van der Waals surface area contributed by atoms with E-state index >= 15 is 0 Å². The average Bonchev–Trinajstić information content (AvgIpc) is 1.86. The van der Waals surface area contributed by atoms with E-state index in [9.17, 15) is 9.59 Å². The van der Waals surface area contributed by atoms with Crippen LogP contribution in [-0.2, 0) is 29.8 Å². The van der Waals surface area contributed by atoms with Gasteiger partial charge in [0.05, 0.1) is 0 Å². The van der Waals surface area contributed by atoms with Crippen molar-refractivity contribution >= 4 is 11.9 Å². The molecule has 0 aromatic heterocycles. The Balaban J connectivity index is 4.12. The Hall–Kier alpha value is -0.541. The van der Waals surface area contributed by atoms with Gasteiger partial charge in [0.15, 0.2) is 0 Å². The predicted octanol–water partition coefficient (Wildman–Crippen LogP) is 0.492. The molecule has 0 aliphatic carbocycles. The minimum atomic E-state index is -1.06. The Labute approximate surface area is 73.1 Å². The van der Waals surface area contributed by atoms with Crippen molar-refractivity contribution in [2.45, 2.75) is 20.3 Å². The van der Waals surface area contributed by atoms with Crippen molar-refractivity contribution in [2.24, 2.45) is 5.41 Å². The zero-order valence-electron chi connectivity index (χ0n) is 6.26. The van der Waals surface area contributed by atoms with Gasteiger partial charge in [-0.25, -0.2) is 0 Å². The van der Waals surface area contributed by atoms with E-state index in [4.69, 9.17) is 5.11 Å². The predicted molar refractivity (Wildman–Crippen MR) is 32.1 cm³/mol. The fourth-order valence-corrected chi connectivity index (χ4v) is 0.549. The van der Waals surface area contributed by atoms with Crippen LogP contribution in [0.5, 0.6) is 0 Å². The molecule has 0 bridgehead atoms. The minimum absolute atomic E-state index is 0.145. The number of carbonyl (C=O) groups excluding carboxylic acids is 1. The number of hydrogen-bond acceptors (Lipinski definition) is 3. The Kier molecular flexibility index (Phi) is 3.55. The summed E-state index contributed by atoms with van der Waals surface area (Å²) in [7, 11) is 0. The summed E-state index contributed by atoms with van der Waals surface area (Å²) in [5.74, 6) is -1.60. The number of hydrogen-bond donors (Lipinski definition) is 1. The first-order valence-corrected chi connectivity index (χ1v) is 3.43. The maximum absolute atomic E-state index is 10.6. The van der Waals surface area contributed by atoms with Crippen LogP contribution < -0.4 is 0 Å². The van der Waals surface area contributed by atoms with Crippen LogP contribution in [0.15, 0.2) is 0 Å². The fourth-order valence-electron chi connectivity index (χ4n) is 0.464. The van der Waals surface area contributed by atoms with Crippen LogP contribution in [0.3, 0.4) is 0 Å². The molecule has 0 fully saturated rings. The second-order valence-corrected chi connectivity index (χ2v) is 3.06. The van der Waals surface area contributed by atoms with E-state index < -0.39 is 17.4 Å². The van der Waals surface area contributed by atoms with E-state index in [0.717, 1.165) is 0 Å². The van der Waals surface area contributed by atoms with Crippen molar-refractivity contribution in [2.75, 3.05) is 0 Å². The summed E-state index contributed by atoms with van der Waals surface area (Å²) in [5.41, 5.74) is -1.06. The molecule has 0 radical (unpaired) electrons. The Bertz CT molecular complexity index is 175. The van der Waals surface area contributed by atoms with Gasteiger partial charge in [-0.15, -0.1) is 0 Å². The van der Waals surface area contributed by atoms with Crippen molar-refractivity contribution in [3.63, 3.8) is 0 Å². The molecule has 0 heterocycles. The average molecular weight is 200 g/mol. The molecule has 4 nitrogen and oxygen atoms in total. The van der Waals surface area contributed by atoms with Gasteiger partial charge in [0, 0.05) is 0 Å². The van der Waals surface area contributed by atoms with Crippen molar-refractivity contribution in [3.8, 4) is 0 Å². The molecule has 0 aromatic carbocycles. The number of carboxylic acids is 1. The van der Waals surface area contributed by atoms with Gasteiger partial charge in [-0.3, -0.25) is 0 Å². The van der Waals surface area contributed by atoms with Crippen LogP contribution in [0.4, 0.5) is 0 Å². The van der Waals surface area contributed by atoms with E-state index in [1.165, 1.54) is 13.8 Å². The summed E-state index contributed by atoms with van der Waals surface area (Å²) in [5, 5.41) is 8.56. The van der Waals surface area contributed by atoms with Crippen LogP contribution >= 0.6 is 0 Å². The molecule has 0 saturated carbocycles. The number of carboxylic acid groups (broad SMARTS) is 1. The third kappa shape index (κ3) is 3.39. The Morgan fingerprint density at radius 3 is 2.27 bits per heavy atom. The topological polar surface area (TPSA) is 63.6 Å². The summed E-state index contributed by atoms with van der Waals surface area (Å²) < 4.78 is 4.15. The standard InChI is InChI=1S/C6H10O4.Mn/c1-6(2,5(9)10)3-4(7)8;/h3H2,1-2H3,(H,7,8)(H,9,10);/q;+1/p-1. The third-order valence-electron chi connectivity index (χ3n) is 1.25. The Morgan fingerprint density at radius 2 is 2.00 bits per heavy atom. The molecule has 11 heavy (non-hydrogen) atoms. The zero-order chi connectivity index (χ0) is 9.07. The van der Waals surface area contributed by atoms with E-state index in [1.807, 2.05) is 0 Å². The molecule has 0 atom stereocenters. The molecule has 0 aliphatic heterocycles. The molecule has 64 valence electrons. The van der Waals surface area contributed by atoms with Crippen LogP contribution in [-0.4, -0.2) is 17.0 Å². The molecule has 0 rings (SSSR count). The van der Waals surface area contributed by atoms with E-state index in [-0.39, 0.29) is 6.42 Å². The third-order valence-corrected chi connectivity index (χ3v) is 1.52. The molecule has 0 unspecified atom stereocenters. The number of carbonyl (C=O) groups is 2. The second-order valence-electron chi connectivity index (χ2n) is 2.81. The van der Waals surface area contributed by atoms with Gasteiger partial charge >= 0.3 is 72.5 Å². The summed E-state index contributed by atoms with van der Waals surface area (Å²) in [6.07, 6.45) is -0.145. The summed E-state index contributed by atoms with van der Waals surface area (Å²) in [6.45, 7) is 2.92. The normalized spacial score (nSPS) is 10.8.